The Morgan fingerprint density at radius 3 is 2.50 bits per heavy atom. The summed E-state index contributed by atoms with van der Waals surface area (Å²) in [5.74, 6) is 0. The molecule has 0 fully saturated rings. The van der Waals surface area contributed by atoms with E-state index in [4.69, 9.17) is 0 Å². The van der Waals surface area contributed by atoms with Crippen LogP contribution >= 0.6 is 0 Å². The Bertz CT molecular complexity index is 608. The normalized spacial score (nSPS) is 18.9. The van der Waals surface area contributed by atoms with Gasteiger partial charge in [0.25, 0.3) is 0 Å². The third-order valence-corrected chi connectivity index (χ3v) is 4.15. The van der Waals surface area contributed by atoms with Gasteiger partial charge in [0, 0.05) is 23.0 Å². The smallest absolute Gasteiger partial charge is 0.0807 e. The van der Waals surface area contributed by atoms with Gasteiger partial charge in [-0.15, -0.1) is 0 Å². The van der Waals surface area contributed by atoms with Crippen LogP contribution in [0.15, 0.2) is 48.5 Å². The van der Waals surface area contributed by atoms with Gasteiger partial charge in [0.1, 0.15) is 0 Å². The maximum atomic E-state index is 10.3. The molecule has 2 heteroatoms. The van der Waals surface area contributed by atoms with Crippen LogP contribution in [0.4, 0.5) is 11.4 Å². The molecule has 0 saturated heterocycles. The van der Waals surface area contributed by atoms with E-state index < -0.39 is 6.10 Å². The number of fused-ring (bicyclic) bond motifs is 1. The van der Waals surface area contributed by atoms with Crippen molar-refractivity contribution < 1.29 is 5.11 Å². The fourth-order valence-electron chi connectivity index (χ4n) is 3.14. The standard InChI is InChI=1S/C18H21NO/c1-3-18(20)15-9-5-7-11-17(15)19-13(2)12-14-8-4-6-10-16(14)19/h4-11,13,18,20H,3,12H2,1-2H3/t13?,18-/m0/s1. The first-order valence-corrected chi connectivity index (χ1v) is 7.36. The van der Waals surface area contributed by atoms with Gasteiger partial charge in [-0.3, -0.25) is 0 Å². The molecule has 2 atom stereocenters. The van der Waals surface area contributed by atoms with E-state index in [1.165, 1.54) is 11.3 Å². The van der Waals surface area contributed by atoms with E-state index in [1.807, 2.05) is 19.1 Å². The van der Waals surface area contributed by atoms with Crippen LogP contribution < -0.4 is 4.90 Å². The lowest BCUT2D eigenvalue weighted by molar-refractivity contribution is 0.174. The van der Waals surface area contributed by atoms with Crippen molar-refractivity contribution in [2.24, 2.45) is 0 Å². The highest BCUT2D eigenvalue weighted by Gasteiger charge is 2.28. The Labute approximate surface area is 120 Å². The summed E-state index contributed by atoms with van der Waals surface area (Å²) in [5.41, 5.74) is 4.83. The van der Waals surface area contributed by atoms with Crippen LogP contribution in [-0.4, -0.2) is 11.1 Å². The fraction of sp³-hybridized carbons (Fsp3) is 0.333. The zero-order valence-corrected chi connectivity index (χ0v) is 12.1. The van der Waals surface area contributed by atoms with Crippen LogP contribution in [0.1, 0.15) is 37.5 Å². The highest BCUT2D eigenvalue weighted by Crippen LogP contribution is 2.41. The number of aliphatic hydroxyl groups is 1. The average Bonchev–Trinajstić information content (AvgIpc) is 2.82. The molecule has 0 saturated carbocycles. The van der Waals surface area contributed by atoms with E-state index in [2.05, 4.69) is 48.2 Å². The fourth-order valence-corrected chi connectivity index (χ4v) is 3.14. The van der Waals surface area contributed by atoms with Crippen LogP contribution in [0.3, 0.4) is 0 Å². The van der Waals surface area contributed by atoms with Crippen molar-refractivity contribution in [1.82, 2.24) is 0 Å². The topological polar surface area (TPSA) is 23.5 Å². The number of nitrogens with zero attached hydrogens (tertiary/aromatic N) is 1. The SMILES string of the molecule is CC[C@H](O)c1ccccc1N1c2ccccc2CC1C. The molecule has 0 radical (unpaired) electrons. The number of hydrogen-bond acceptors (Lipinski definition) is 2. The summed E-state index contributed by atoms with van der Waals surface area (Å²) in [5, 5.41) is 10.3. The lowest BCUT2D eigenvalue weighted by Crippen LogP contribution is -2.25. The number of aliphatic hydroxyl groups excluding tert-OH is 1. The largest absolute Gasteiger partial charge is 0.388 e. The molecular formula is C18H21NO. The van der Waals surface area contributed by atoms with Crippen molar-refractivity contribution in [1.29, 1.82) is 0 Å². The third kappa shape index (κ3) is 2.10. The quantitative estimate of drug-likeness (QED) is 0.900. The van der Waals surface area contributed by atoms with E-state index in [9.17, 15) is 5.11 Å². The molecule has 1 heterocycles. The number of benzene rings is 2. The van der Waals surface area contributed by atoms with Crippen LogP contribution in [0.2, 0.25) is 0 Å². The van der Waals surface area contributed by atoms with Gasteiger partial charge < -0.3 is 10.0 Å². The van der Waals surface area contributed by atoms with E-state index in [0.29, 0.717) is 6.04 Å². The van der Waals surface area contributed by atoms with Crippen LogP contribution in [-0.2, 0) is 6.42 Å². The number of rotatable bonds is 3. The zero-order chi connectivity index (χ0) is 14.1. The first kappa shape index (κ1) is 13.2. The summed E-state index contributed by atoms with van der Waals surface area (Å²) in [4.78, 5) is 2.36. The van der Waals surface area contributed by atoms with Gasteiger partial charge in [-0.2, -0.15) is 0 Å². The van der Waals surface area contributed by atoms with Crippen molar-refractivity contribution in [3.05, 3.63) is 59.7 Å². The first-order valence-electron chi connectivity index (χ1n) is 7.36. The Balaban J connectivity index is 2.10. The van der Waals surface area contributed by atoms with Crippen LogP contribution in [0.5, 0.6) is 0 Å². The highest BCUT2D eigenvalue weighted by molar-refractivity contribution is 5.73. The lowest BCUT2D eigenvalue weighted by Gasteiger charge is -2.28. The second-order valence-electron chi connectivity index (χ2n) is 5.53. The van der Waals surface area contributed by atoms with Crippen LogP contribution in [0.25, 0.3) is 0 Å². The Hall–Kier alpha value is -1.80. The molecule has 1 aliphatic heterocycles. The number of anilines is 2. The second kappa shape index (κ2) is 5.29. The molecule has 3 rings (SSSR count). The van der Waals surface area contributed by atoms with Gasteiger partial charge in [0.05, 0.1) is 6.10 Å². The van der Waals surface area contributed by atoms with Crippen molar-refractivity contribution in [3.8, 4) is 0 Å². The summed E-state index contributed by atoms with van der Waals surface area (Å²) >= 11 is 0. The molecule has 2 aromatic rings. The van der Waals surface area contributed by atoms with E-state index in [1.54, 1.807) is 0 Å². The average molecular weight is 267 g/mol. The van der Waals surface area contributed by atoms with E-state index in [0.717, 1.165) is 24.1 Å². The molecule has 2 nitrogen and oxygen atoms in total. The predicted octanol–water partition coefficient (Wildman–Crippen LogP) is 4.21. The molecule has 1 N–H and O–H groups in total. The summed E-state index contributed by atoms with van der Waals surface area (Å²) < 4.78 is 0. The minimum Gasteiger partial charge on any atom is -0.388 e. The van der Waals surface area contributed by atoms with Gasteiger partial charge in [-0.1, -0.05) is 43.3 Å². The highest BCUT2D eigenvalue weighted by atomic mass is 16.3. The molecular weight excluding hydrogens is 246 g/mol. The Kier molecular flexibility index (Phi) is 3.49. The molecule has 0 spiro atoms. The Morgan fingerprint density at radius 1 is 1.10 bits per heavy atom. The van der Waals surface area contributed by atoms with Crippen molar-refractivity contribution in [3.63, 3.8) is 0 Å². The minimum atomic E-state index is -0.397. The lowest BCUT2D eigenvalue weighted by atomic mass is 10.0. The summed E-state index contributed by atoms with van der Waals surface area (Å²) in [6, 6.07) is 17.2. The monoisotopic (exact) mass is 267 g/mol. The van der Waals surface area contributed by atoms with E-state index in [-0.39, 0.29) is 0 Å². The van der Waals surface area contributed by atoms with Gasteiger partial charge in [0.15, 0.2) is 0 Å². The number of hydrogen-bond donors (Lipinski definition) is 1. The third-order valence-electron chi connectivity index (χ3n) is 4.15. The van der Waals surface area contributed by atoms with Crippen molar-refractivity contribution in [2.45, 2.75) is 38.8 Å². The molecule has 0 aliphatic carbocycles. The second-order valence-corrected chi connectivity index (χ2v) is 5.53. The van der Waals surface area contributed by atoms with Crippen molar-refractivity contribution >= 4 is 11.4 Å². The maximum Gasteiger partial charge on any atom is 0.0807 e. The van der Waals surface area contributed by atoms with Gasteiger partial charge in [-0.05, 0) is 37.5 Å². The van der Waals surface area contributed by atoms with E-state index >= 15 is 0 Å². The predicted molar refractivity (Wildman–Crippen MR) is 83.4 cm³/mol. The van der Waals surface area contributed by atoms with Crippen LogP contribution in [0, 0.1) is 0 Å². The van der Waals surface area contributed by atoms with Gasteiger partial charge >= 0.3 is 0 Å². The van der Waals surface area contributed by atoms with Crippen molar-refractivity contribution in [2.75, 3.05) is 4.90 Å². The summed E-state index contributed by atoms with van der Waals surface area (Å²) in [6.07, 6.45) is 1.40. The minimum absolute atomic E-state index is 0.397. The summed E-state index contributed by atoms with van der Waals surface area (Å²) in [7, 11) is 0. The summed E-state index contributed by atoms with van der Waals surface area (Å²) in [6.45, 7) is 4.26. The van der Waals surface area contributed by atoms with Gasteiger partial charge in [0.2, 0.25) is 0 Å². The molecule has 2 aromatic carbocycles. The van der Waals surface area contributed by atoms with Gasteiger partial charge in [-0.25, -0.2) is 0 Å². The number of para-hydroxylation sites is 2. The maximum absolute atomic E-state index is 10.3. The first-order chi connectivity index (χ1) is 9.72. The Morgan fingerprint density at radius 2 is 1.75 bits per heavy atom. The molecule has 20 heavy (non-hydrogen) atoms. The molecule has 1 unspecified atom stereocenters. The molecule has 1 aliphatic rings. The molecule has 104 valence electrons. The molecule has 0 aromatic heterocycles. The molecule has 0 bridgehead atoms. The zero-order valence-electron chi connectivity index (χ0n) is 12.1. The molecule has 0 amide bonds.